The van der Waals surface area contributed by atoms with Crippen LogP contribution in [0, 0.1) is 6.92 Å². The Bertz CT molecular complexity index is 433. The predicted molar refractivity (Wildman–Crippen MR) is 57.2 cm³/mol. The molecule has 0 aliphatic carbocycles. The van der Waals surface area contributed by atoms with E-state index in [0.29, 0.717) is 24.7 Å². The largest absolute Gasteiger partial charge is 0.334 e. The third-order valence-electron chi connectivity index (χ3n) is 2.13. The van der Waals surface area contributed by atoms with Gasteiger partial charge in [-0.05, 0) is 25.6 Å². The zero-order chi connectivity index (χ0) is 10.7. The molecule has 0 spiro atoms. The zero-order valence-corrected chi connectivity index (χ0v) is 8.60. The Morgan fingerprint density at radius 1 is 1.27 bits per heavy atom. The van der Waals surface area contributed by atoms with E-state index in [1.807, 2.05) is 31.2 Å². The van der Waals surface area contributed by atoms with Crippen LogP contribution in [0.1, 0.15) is 11.4 Å². The summed E-state index contributed by atoms with van der Waals surface area (Å²) in [5.74, 6) is 1.21. The van der Waals surface area contributed by atoms with Gasteiger partial charge in [-0.1, -0.05) is 22.9 Å². The molecule has 0 saturated carbocycles. The topological polar surface area (TPSA) is 64.9 Å². The van der Waals surface area contributed by atoms with Gasteiger partial charge in [0, 0.05) is 12.0 Å². The molecule has 0 atom stereocenters. The highest BCUT2D eigenvalue weighted by atomic mass is 16.5. The van der Waals surface area contributed by atoms with Crippen molar-refractivity contribution in [3.8, 4) is 11.5 Å². The van der Waals surface area contributed by atoms with E-state index in [0.717, 1.165) is 5.56 Å². The Labute approximate surface area is 88.1 Å². The number of nitrogens with two attached hydrogens (primary N) is 1. The Hall–Kier alpha value is -1.68. The minimum absolute atomic E-state index is 0.535. The molecule has 1 aromatic carbocycles. The lowest BCUT2D eigenvalue weighted by Gasteiger charge is -1.94. The van der Waals surface area contributed by atoms with Gasteiger partial charge in [0.15, 0.2) is 5.82 Å². The van der Waals surface area contributed by atoms with Crippen molar-refractivity contribution in [1.82, 2.24) is 10.1 Å². The van der Waals surface area contributed by atoms with Crippen LogP contribution >= 0.6 is 0 Å². The first-order valence-electron chi connectivity index (χ1n) is 4.89. The second-order valence-electron chi connectivity index (χ2n) is 3.42. The van der Waals surface area contributed by atoms with E-state index >= 15 is 0 Å². The van der Waals surface area contributed by atoms with Crippen molar-refractivity contribution in [3.05, 3.63) is 35.7 Å². The summed E-state index contributed by atoms with van der Waals surface area (Å²) >= 11 is 0. The summed E-state index contributed by atoms with van der Waals surface area (Å²) in [6.07, 6.45) is 0.648. The van der Waals surface area contributed by atoms with Gasteiger partial charge < -0.3 is 10.3 Å². The van der Waals surface area contributed by atoms with E-state index in [1.165, 1.54) is 5.56 Å². The van der Waals surface area contributed by atoms with Crippen LogP contribution in [0.15, 0.2) is 28.8 Å². The Kier molecular flexibility index (Phi) is 2.78. The Morgan fingerprint density at radius 2 is 2.00 bits per heavy atom. The number of hydrogen-bond acceptors (Lipinski definition) is 4. The third-order valence-corrected chi connectivity index (χ3v) is 2.13. The number of nitrogens with zero attached hydrogens (tertiary/aromatic N) is 2. The molecule has 0 aliphatic rings. The number of aryl methyl sites for hydroxylation is 1. The molecule has 2 rings (SSSR count). The summed E-state index contributed by atoms with van der Waals surface area (Å²) in [7, 11) is 0. The normalized spacial score (nSPS) is 10.5. The average molecular weight is 203 g/mol. The maximum Gasteiger partial charge on any atom is 0.257 e. The van der Waals surface area contributed by atoms with E-state index in [-0.39, 0.29) is 0 Å². The molecule has 2 N–H and O–H groups in total. The lowest BCUT2D eigenvalue weighted by Crippen LogP contribution is -2.03. The summed E-state index contributed by atoms with van der Waals surface area (Å²) in [4.78, 5) is 4.24. The molecule has 0 unspecified atom stereocenters. The second-order valence-corrected chi connectivity index (χ2v) is 3.42. The molecule has 78 valence electrons. The third kappa shape index (κ3) is 2.22. The summed E-state index contributed by atoms with van der Waals surface area (Å²) < 4.78 is 5.13. The SMILES string of the molecule is Cc1ccc(-c2nc(CCN)no2)cc1. The van der Waals surface area contributed by atoms with Crippen molar-refractivity contribution in [2.24, 2.45) is 5.73 Å². The van der Waals surface area contributed by atoms with Gasteiger partial charge in [0.2, 0.25) is 0 Å². The Morgan fingerprint density at radius 3 is 2.67 bits per heavy atom. The van der Waals surface area contributed by atoms with Crippen LogP contribution < -0.4 is 5.73 Å². The lowest BCUT2D eigenvalue weighted by atomic mass is 10.1. The lowest BCUT2D eigenvalue weighted by molar-refractivity contribution is 0.422. The highest BCUT2D eigenvalue weighted by Crippen LogP contribution is 2.17. The van der Waals surface area contributed by atoms with E-state index < -0.39 is 0 Å². The van der Waals surface area contributed by atoms with Gasteiger partial charge in [0.25, 0.3) is 5.89 Å². The van der Waals surface area contributed by atoms with Crippen molar-refractivity contribution in [2.75, 3.05) is 6.54 Å². The maximum atomic E-state index is 5.41. The van der Waals surface area contributed by atoms with E-state index in [9.17, 15) is 0 Å². The van der Waals surface area contributed by atoms with Crippen molar-refractivity contribution in [1.29, 1.82) is 0 Å². The van der Waals surface area contributed by atoms with Crippen LogP contribution in [0.25, 0.3) is 11.5 Å². The fourth-order valence-electron chi connectivity index (χ4n) is 1.30. The van der Waals surface area contributed by atoms with Crippen LogP contribution in [0.2, 0.25) is 0 Å². The minimum atomic E-state index is 0.535. The maximum absolute atomic E-state index is 5.41. The predicted octanol–water partition coefficient (Wildman–Crippen LogP) is 1.55. The molecule has 0 amide bonds. The smallest absolute Gasteiger partial charge is 0.257 e. The molecule has 15 heavy (non-hydrogen) atoms. The first kappa shape index (κ1) is 9.86. The number of aromatic nitrogens is 2. The van der Waals surface area contributed by atoms with E-state index in [4.69, 9.17) is 10.3 Å². The highest BCUT2D eigenvalue weighted by molar-refractivity contribution is 5.53. The molecule has 4 nitrogen and oxygen atoms in total. The van der Waals surface area contributed by atoms with Gasteiger partial charge in [-0.25, -0.2) is 0 Å². The molecule has 1 aromatic heterocycles. The molecule has 0 radical (unpaired) electrons. The van der Waals surface area contributed by atoms with Gasteiger partial charge in [-0.2, -0.15) is 4.98 Å². The van der Waals surface area contributed by atoms with Crippen LogP contribution in [0.4, 0.5) is 0 Å². The van der Waals surface area contributed by atoms with Gasteiger partial charge in [0.1, 0.15) is 0 Å². The van der Waals surface area contributed by atoms with E-state index in [1.54, 1.807) is 0 Å². The summed E-state index contributed by atoms with van der Waals surface area (Å²) in [6.45, 7) is 2.57. The van der Waals surface area contributed by atoms with Crippen molar-refractivity contribution in [2.45, 2.75) is 13.3 Å². The van der Waals surface area contributed by atoms with E-state index in [2.05, 4.69) is 10.1 Å². The first-order chi connectivity index (χ1) is 7.29. The van der Waals surface area contributed by atoms with Crippen LogP contribution in [0.3, 0.4) is 0 Å². The van der Waals surface area contributed by atoms with Crippen LogP contribution in [-0.4, -0.2) is 16.7 Å². The molecule has 0 aliphatic heterocycles. The molecule has 0 bridgehead atoms. The average Bonchev–Trinajstić information content (AvgIpc) is 2.68. The van der Waals surface area contributed by atoms with Crippen LogP contribution in [0.5, 0.6) is 0 Å². The first-order valence-corrected chi connectivity index (χ1v) is 4.89. The summed E-state index contributed by atoms with van der Waals surface area (Å²) in [5, 5.41) is 3.84. The number of benzene rings is 1. The van der Waals surface area contributed by atoms with Crippen molar-refractivity contribution < 1.29 is 4.52 Å². The molecule has 0 fully saturated rings. The number of hydrogen-bond donors (Lipinski definition) is 1. The Balaban J connectivity index is 2.25. The highest BCUT2D eigenvalue weighted by Gasteiger charge is 2.07. The second kappa shape index (κ2) is 4.23. The molecule has 0 saturated heterocycles. The summed E-state index contributed by atoms with van der Waals surface area (Å²) in [6, 6.07) is 7.97. The van der Waals surface area contributed by atoms with Crippen molar-refractivity contribution in [3.63, 3.8) is 0 Å². The molecular formula is C11H13N3O. The quantitative estimate of drug-likeness (QED) is 0.821. The van der Waals surface area contributed by atoms with Crippen molar-refractivity contribution >= 4 is 0 Å². The molecular weight excluding hydrogens is 190 g/mol. The minimum Gasteiger partial charge on any atom is -0.334 e. The standard InChI is InChI=1S/C11H13N3O/c1-8-2-4-9(5-3-8)11-13-10(6-7-12)14-15-11/h2-5H,6-7,12H2,1H3. The molecule has 1 heterocycles. The van der Waals surface area contributed by atoms with Gasteiger partial charge in [-0.3, -0.25) is 0 Å². The van der Waals surface area contributed by atoms with Crippen LogP contribution in [-0.2, 0) is 6.42 Å². The van der Waals surface area contributed by atoms with Gasteiger partial charge >= 0.3 is 0 Å². The molecule has 4 heteroatoms. The summed E-state index contributed by atoms with van der Waals surface area (Å²) in [5.41, 5.74) is 7.56. The zero-order valence-electron chi connectivity index (χ0n) is 8.60. The van der Waals surface area contributed by atoms with Gasteiger partial charge in [-0.15, -0.1) is 0 Å². The van der Waals surface area contributed by atoms with Gasteiger partial charge in [0.05, 0.1) is 0 Å². The molecule has 2 aromatic rings. The monoisotopic (exact) mass is 203 g/mol. The fraction of sp³-hybridized carbons (Fsp3) is 0.273. The number of rotatable bonds is 3. The fourth-order valence-corrected chi connectivity index (χ4v) is 1.30.